The molecule has 6 bridgehead atoms. The van der Waals surface area contributed by atoms with Crippen LogP contribution in [-0.4, -0.2) is 50.7 Å². The van der Waals surface area contributed by atoms with Crippen molar-refractivity contribution in [3.63, 3.8) is 0 Å². The summed E-state index contributed by atoms with van der Waals surface area (Å²) < 4.78 is 4.47. The topological polar surface area (TPSA) is 138 Å². The van der Waals surface area contributed by atoms with Gasteiger partial charge in [0.15, 0.2) is 0 Å². The molecule has 0 aromatic carbocycles. The number of nitrogens with zero attached hydrogens (tertiary/aromatic N) is 5. The van der Waals surface area contributed by atoms with Crippen molar-refractivity contribution in [3.8, 4) is 0 Å². The Morgan fingerprint density at radius 3 is 2.15 bits per heavy atom. The first-order chi connectivity index (χ1) is 23.0. The molecule has 3 aromatic rings. The Hall–Kier alpha value is -5.25. The zero-order valence-electron chi connectivity index (χ0n) is 27.2. The van der Waals surface area contributed by atoms with Gasteiger partial charge in [-0.2, -0.15) is 0 Å². The normalized spacial score (nSPS) is 19.4. The minimum atomic E-state index is -0.868. The van der Waals surface area contributed by atoms with Gasteiger partial charge in [-0.3, -0.25) is 0 Å². The van der Waals surface area contributed by atoms with E-state index in [9.17, 15) is 19.8 Å². The number of H-pyrrole nitrogens is 1. The van der Waals surface area contributed by atoms with E-state index in [4.69, 9.17) is 9.98 Å². The first-order valence-electron chi connectivity index (χ1n) is 15.5. The summed E-state index contributed by atoms with van der Waals surface area (Å²) in [4.78, 5) is 39.9. The van der Waals surface area contributed by atoms with Crippen LogP contribution in [0.5, 0.6) is 0 Å². The van der Waals surface area contributed by atoms with Crippen LogP contribution in [0.15, 0.2) is 81.6 Å². The van der Waals surface area contributed by atoms with Crippen LogP contribution in [0.3, 0.4) is 0 Å². The molecule has 0 saturated heterocycles. The van der Waals surface area contributed by atoms with E-state index in [0.29, 0.717) is 33.9 Å². The molecule has 7 rings (SSSR count). The summed E-state index contributed by atoms with van der Waals surface area (Å²) in [6.45, 7) is 16.4. The fourth-order valence-corrected chi connectivity index (χ4v) is 7.99. The van der Waals surface area contributed by atoms with Gasteiger partial charge in [0, 0.05) is 12.4 Å². The standard InChI is InChI=1S/C34H34N4O4.C3H4N2.Fe/c1-7-21-17(3)25-13-26-19(5)23(9-11-33(39)40)31(37-26)16-32-24(10-12-34(41)42)20(6)28(38-32)15-30-22(8-2)18(4)27(36-30)14-29(21)35-25;1-2-5-3-4-1;/h7-8,13-16H,1-2,9-12H2,3-6H3,(H4,35,36,37,38,39,40,41,42);1-3H,(H,4,5);/q;;+2/p-2/b25-13?,26-13-,27-14?,28-15-,29-14-,30-15?,31-16-,32-16?;;. The maximum Gasteiger partial charge on any atom is 0.0919 e. The molecule has 4 aliphatic heterocycles. The molecular weight excluding hydrogens is 648 g/mol. The van der Waals surface area contributed by atoms with E-state index in [1.165, 1.54) is 0 Å². The molecule has 3 aromatic heterocycles. The molecule has 0 amide bonds. The zero-order chi connectivity index (χ0) is 34.3. The molecule has 0 unspecified atom stereocenters. The van der Waals surface area contributed by atoms with Crippen molar-refractivity contribution in [2.45, 2.75) is 53.4 Å². The predicted molar refractivity (Wildman–Crippen MR) is 185 cm³/mol. The van der Waals surface area contributed by atoms with E-state index in [-0.39, 0.29) is 12.8 Å². The van der Waals surface area contributed by atoms with Gasteiger partial charge < -0.3 is 4.98 Å². The zero-order valence-corrected chi connectivity index (χ0v) is 28.3. The van der Waals surface area contributed by atoms with Gasteiger partial charge in [-0.1, -0.05) is 0 Å². The van der Waals surface area contributed by atoms with Crippen molar-refractivity contribution in [3.05, 3.63) is 116 Å². The maximum atomic E-state index is 11.8. The van der Waals surface area contributed by atoms with E-state index < -0.39 is 11.9 Å². The van der Waals surface area contributed by atoms with Crippen molar-refractivity contribution in [1.82, 2.24) is 17.1 Å². The van der Waals surface area contributed by atoms with Crippen LogP contribution in [0.4, 0.5) is 0 Å². The third kappa shape index (κ3) is 5.76. The van der Waals surface area contributed by atoms with Crippen LogP contribution in [0.2, 0.25) is 0 Å². The van der Waals surface area contributed by atoms with Crippen molar-refractivity contribution in [1.29, 1.82) is 0 Å². The number of aromatic amines is 1. The summed E-state index contributed by atoms with van der Waals surface area (Å²) in [6, 6.07) is 0. The molecule has 4 aliphatic rings. The minimum Gasteiger partial charge on any atom is -0.351 e. The quantitative estimate of drug-likeness (QED) is 0.282. The van der Waals surface area contributed by atoms with Crippen LogP contribution >= 0.6 is 0 Å². The maximum absolute atomic E-state index is 11.8. The molecule has 0 aliphatic carbocycles. The second-order valence-corrected chi connectivity index (χ2v) is 12.9. The molecule has 246 valence electrons. The summed E-state index contributed by atoms with van der Waals surface area (Å²) in [5, 5.41) is 21.0. The molecule has 11 heteroatoms. The molecule has 0 radical (unpaired) electrons. The van der Waals surface area contributed by atoms with Gasteiger partial charge in [0.05, 0.1) is 6.33 Å². The average Bonchev–Trinajstić information content (AvgIpc) is 3.86. The van der Waals surface area contributed by atoms with Crippen LogP contribution in [0.25, 0.3) is 30.4 Å². The third-order valence-corrected chi connectivity index (χ3v) is 10.5. The summed E-state index contributed by atoms with van der Waals surface area (Å²) in [5.74, 6) is -1.74. The number of carboxylic acid groups (broad SMARTS) is 2. The molecule has 0 atom stereocenters. The number of aliphatic carboxylic acids is 2. The Balaban J connectivity index is 0.000000736. The second-order valence-electron chi connectivity index (χ2n) is 11.7. The number of hydrogen-bond donors (Lipinski definition) is 3. The van der Waals surface area contributed by atoms with Gasteiger partial charge in [0.2, 0.25) is 0 Å². The Bertz CT molecular complexity index is 2220. The fourth-order valence-electron chi connectivity index (χ4n) is 6.35. The number of carbonyl (C=O) groups is 2. The molecule has 10 nitrogen and oxygen atoms in total. The van der Waals surface area contributed by atoms with Crippen molar-refractivity contribution in [2.75, 3.05) is 0 Å². The molecule has 0 saturated carbocycles. The van der Waals surface area contributed by atoms with Gasteiger partial charge >= 0.3 is 257 Å². The first-order valence-corrected chi connectivity index (χ1v) is 16.5. The Kier molecular flexibility index (Phi) is 8.92. The summed E-state index contributed by atoms with van der Waals surface area (Å²) in [5.41, 5.74) is 12.9. The smallest absolute Gasteiger partial charge is 0.0919 e. The van der Waals surface area contributed by atoms with Crippen LogP contribution in [-0.2, 0) is 31.4 Å². The van der Waals surface area contributed by atoms with Gasteiger partial charge in [-0.15, -0.1) is 0 Å². The predicted octanol–water partition coefficient (Wildman–Crippen LogP) is 5.15. The van der Waals surface area contributed by atoms with E-state index in [1.54, 1.807) is 18.7 Å². The summed E-state index contributed by atoms with van der Waals surface area (Å²) in [6.07, 6.45) is 17.7. The number of aromatic nitrogens is 4. The number of nitrogens with one attached hydrogen (secondary N) is 1. The van der Waals surface area contributed by atoms with Crippen molar-refractivity contribution in [2.24, 2.45) is 9.98 Å². The number of allylic oxidation sites excluding steroid dienone is 4. The van der Waals surface area contributed by atoms with E-state index in [1.807, 2.05) is 39.0 Å². The number of aliphatic imine (C=N–C) groups is 2. The second kappa shape index (κ2) is 13.1. The first kappa shape index (κ1) is 32.7. The minimum absolute atomic E-state index is 0.0140. The largest absolute Gasteiger partial charge is 0.351 e. The van der Waals surface area contributed by atoms with Crippen molar-refractivity contribution >= 4 is 53.7 Å². The van der Waals surface area contributed by atoms with E-state index >= 15 is 0 Å². The summed E-state index contributed by atoms with van der Waals surface area (Å²) in [7, 11) is 0. The molecule has 3 N–H and O–H groups in total. The van der Waals surface area contributed by atoms with Crippen LogP contribution < -0.4 is 10.7 Å². The molecular formula is C37H36FeN6O4. The van der Waals surface area contributed by atoms with E-state index in [2.05, 4.69) is 55.4 Å². The molecule has 0 spiro atoms. The van der Waals surface area contributed by atoms with Crippen LogP contribution in [0.1, 0.15) is 66.8 Å². The monoisotopic (exact) mass is 684 g/mol. The molecule has 7 heterocycles. The SMILES string of the molecule is C=CC1=C(C)C2=NC/1=C\c1c(C)c(C=C)c3[n]1[Fe][n]1/c(c(C)c(CCC(=O)O)/c1=C/C1=NC(=C\3)/C(C)=C1CCC(=O)O)=C\2.c1c[nH]cn1. The number of rotatable bonds is 8. The van der Waals surface area contributed by atoms with E-state index in [0.717, 1.165) is 83.7 Å². The average molecular weight is 685 g/mol. The Morgan fingerprint density at radius 2 is 1.52 bits per heavy atom. The molecule has 0 fully saturated rings. The number of imidazole rings is 1. The summed E-state index contributed by atoms with van der Waals surface area (Å²) >= 11 is 0.463. The number of fused-ring (bicyclic) bond motifs is 2. The number of carboxylic acids is 2. The van der Waals surface area contributed by atoms with Crippen molar-refractivity contribution < 1.29 is 35.2 Å². The molecule has 48 heavy (non-hydrogen) atoms. The van der Waals surface area contributed by atoms with Gasteiger partial charge in [0.25, 0.3) is 0 Å². The van der Waals surface area contributed by atoms with Crippen LogP contribution in [0, 0.1) is 13.8 Å². The Labute approximate surface area is 284 Å². The fraction of sp³-hybridized carbons (Fsp3) is 0.216. The van der Waals surface area contributed by atoms with Gasteiger partial charge in [0.1, 0.15) is 0 Å². The van der Waals surface area contributed by atoms with Gasteiger partial charge in [-0.25, -0.2) is 4.98 Å². The van der Waals surface area contributed by atoms with Gasteiger partial charge in [-0.05, 0) is 0 Å². The third-order valence-electron chi connectivity index (χ3n) is 8.95. The number of hydrogen-bond acceptors (Lipinski definition) is 5. The Morgan fingerprint density at radius 1 is 0.833 bits per heavy atom.